The Morgan fingerprint density at radius 2 is 2.20 bits per heavy atom. The molecule has 132 valence electrons. The van der Waals surface area contributed by atoms with Gasteiger partial charge in [0, 0.05) is 29.3 Å². The van der Waals surface area contributed by atoms with E-state index >= 15 is 0 Å². The van der Waals surface area contributed by atoms with E-state index in [2.05, 4.69) is 24.8 Å². The normalized spacial score (nSPS) is 41.8. The molecule has 0 radical (unpaired) electrons. The van der Waals surface area contributed by atoms with Gasteiger partial charge in [-0.3, -0.25) is 0 Å². The van der Waals surface area contributed by atoms with E-state index in [4.69, 9.17) is 4.74 Å². The Kier molecular flexibility index (Phi) is 2.70. The Bertz CT molecular complexity index is 852. The van der Waals surface area contributed by atoms with E-state index in [0.717, 1.165) is 23.4 Å². The van der Waals surface area contributed by atoms with Crippen LogP contribution in [0.3, 0.4) is 0 Å². The topological polar surface area (TPSA) is 105 Å². The van der Waals surface area contributed by atoms with Gasteiger partial charge in [0.2, 0.25) is 0 Å². The van der Waals surface area contributed by atoms with Crippen LogP contribution in [-0.2, 0) is 4.74 Å². The second-order valence-corrected chi connectivity index (χ2v) is 8.14. The fourth-order valence-electron chi connectivity index (χ4n) is 5.49. The zero-order chi connectivity index (χ0) is 16.8. The van der Waals surface area contributed by atoms with Gasteiger partial charge in [-0.15, -0.1) is 0 Å². The van der Waals surface area contributed by atoms with Gasteiger partial charge in [0.1, 0.15) is 11.8 Å². The number of nitrogens with zero attached hydrogens (tertiary/aromatic N) is 4. The van der Waals surface area contributed by atoms with Crippen molar-refractivity contribution < 1.29 is 14.9 Å². The maximum Gasteiger partial charge on any atom is 0.165 e. The van der Waals surface area contributed by atoms with Crippen LogP contribution in [0.15, 0.2) is 12.7 Å². The summed E-state index contributed by atoms with van der Waals surface area (Å²) in [5.74, 6) is 0.954. The van der Waals surface area contributed by atoms with Crippen molar-refractivity contribution in [3.8, 4) is 0 Å². The van der Waals surface area contributed by atoms with Gasteiger partial charge in [0.05, 0.1) is 31.7 Å². The summed E-state index contributed by atoms with van der Waals surface area (Å²) in [5.41, 5.74) is 1.33. The SMILES string of the molecule is OC[C@@]12CO[C@H]3[C@H](O)[C@@H](C1)[C@@H](n1cnc4c(NC5CC5)ncnc41)[C@H]32. The van der Waals surface area contributed by atoms with Crippen LogP contribution < -0.4 is 5.32 Å². The number of rotatable bonds is 4. The number of hydrogen-bond acceptors (Lipinski definition) is 7. The van der Waals surface area contributed by atoms with Crippen LogP contribution in [0.4, 0.5) is 5.82 Å². The summed E-state index contributed by atoms with van der Waals surface area (Å²) >= 11 is 0. The molecule has 2 bridgehead atoms. The Labute approximate surface area is 144 Å². The zero-order valence-corrected chi connectivity index (χ0v) is 13.7. The molecule has 0 unspecified atom stereocenters. The molecule has 0 aromatic carbocycles. The maximum atomic E-state index is 10.7. The van der Waals surface area contributed by atoms with Crippen LogP contribution in [0.2, 0.25) is 0 Å². The molecule has 2 aromatic rings. The molecule has 8 heteroatoms. The fraction of sp³-hybridized carbons (Fsp3) is 0.706. The van der Waals surface area contributed by atoms with Crippen LogP contribution in [0.1, 0.15) is 25.3 Å². The zero-order valence-electron chi connectivity index (χ0n) is 13.7. The third-order valence-electron chi connectivity index (χ3n) is 6.76. The van der Waals surface area contributed by atoms with Crippen molar-refractivity contribution >= 4 is 17.0 Å². The molecule has 1 aliphatic heterocycles. The summed E-state index contributed by atoms with van der Waals surface area (Å²) in [7, 11) is 0. The van der Waals surface area contributed by atoms with E-state index in [0.29, 0.717) is 12.6 Å². The number of anilines is 1. The first-order valence-electron chi connectivity index (χ1n) is 9.06. The quantitative estimate of drug-likeness (QED) is 0.735. The monoisotopic (exact) mass is 343 g/mol. The van der Waals surface area contributed by atoms with Crippen molar-refractivity contribution in [3.05, 3.63) is 12.7 Å². The number of ether oxygens (including phenoxy) is 1. The fourth-order valence-corrected chi connectivity index (χ4v) is 5.49. The summed E-state index contributed by atoms with van der Waals surface area (Å²) < 4.78 is 7.96. The van der Waals surface area contributed by atoms with E-state index in [1.807, 2.05) is 6.33 Å². The predicted molar refractivity (Wildman–Crippen MR) is 87.9 cm³/mol. The summed E-state index contributed by atoms with van der Waals surface area (Å²) in [6, 6.07) is 0.554. The predicted octanol–water partition coefficient (Wildman–Crippen LogP) is 0.330. The summed E-state index contributed by atoms with van der Waals surface area (Å²) in [5, 5.41) is 24.1. The van der Waals surface area contributed by atoms with Gasteiger partial charge in [0.15, 0.2) is 11.5 Å². The van der Waals surface area contributed by atoms with Gasteiger partial charge in [-0.25, -0.2) is 15.0 Å². The third-order valence-corrected chi connectivity index (χ3v) is 6.76. The summed E-state index contributed by atoms with van der Waals surface area (Å²) in [6.45, 7) is 0.628. The van der Waals surface area contributed by atoms with Crippen LogP contribution in [0, 0.1) is 17.3 Å². The lowest BCUT2D eigenvalue weighted by atomic mass is 9.74. The molecule has 3 N–H and O–H groups in total. The molecule has 6 atom stereocenters. The minimum atomic E-state index is -0.486. The Balaban J connectivity index is 1.46. The van der Waals surface area contributed by atoms with Crippen LogP contribution in [0.5, 0.6) is 0 Å². The van der Waals surface area contributed by atoms with Gasteiger partial charge in [-0.2, -0.15) is 0 Å². The average Bonchev–Trinajstić information content (AvgIpc) is 3.02. The number of hydrogen-bond donors (Lipinski definition) is 3. The number of aliphatic hydroxyl groups is 2. The lowest BCUT2D eigenvalue weighted by molar-refractivity contribution is -0.0112. The highest BCUT2D eigenvalue weighted by atomic mass is 16.5. The van der Waals surface area contributed by atoms with Crippen molar-refractivity contribution in [1.29, 1.82) is 0 Å². The van der Waals surface area contributed by atoms with Crippen molar-refractivity contribution in [2.45, 2.75) is 43.6 Å². The largest absolute Gasteiger partial charge is 0.396 e. The van der Waals surface area contributed by atoms with Gasteiger partial charge < -0.3 is 24.8 Å². The van der Waals surface area contributed by atoms with Gasteiger partial charge in [-0.1, -0.05) is 0 Å². The standard InChI is InChI=1S/C17H21N5O3/c23-4-17-3-9-12(10(17)14(13(9)24)25-5-17)22-7-20-11-15(21-8-1-2-8)18-6-19-16(11)22/h6-10,12-14,23-24H,1-5H2,(H,18,19,21)/t9-,10+,12+,13+,14+,17+/m0/s1. The Morgan fingerprint density at radius 3 is 3.00 bits per heavy atom. The average molecular weight is 343 g/mol. The van der Waals surface area contributed by atoms with Crippen LogP contribution in [0.25, 0.3) is 11.2 Å². The van der Waals surface area contributed by atoms with Crippen molar-refractivity contribution in [2.24, 2.45) is 17.3 Å². The van der Waals surface area contributed by atoms with Crippen LogP contribution >= 0.6 is 0 Å². The molecule has 6 rings (SSSR count). The number of nitrogens with one attached hydrogen (secondary N) is 1. The first-order valence-corrected chi connectivity index (χ1v) is 9.06. The highest BCUT2D eigenvalue weighted by Crippen LogP contribution is 2.65. The Morgan fingerprint density at radius 1 is 1.32 bits per heavy atom. The lowest BCUT2D eigenvalue weighted by Crippen LogP contribution is -2.39. The second kappa shape index (κ2) is 4.69. The molecule has 8 nitrogen and oxygen atoms in total. The maximum absolute atomic E-state index is 10.7. The highest BCUT2D eigenvalue weighted by Gasteiger charge is 2.70. The third kappa shape index (κ3) is 1.74. The summed E-state index contributed by atoms with van der Waals surface area (Å²) in [4.78, 5) is 13.4. The van der Waals surface area contributed by atoms with Gasteiger partial charge in [-0.05, 0) is 19.3 Å². The minimum Gasteiger partial charge on any atom is -0.396 e. The first kappa shape index (κ1) is 14.4. The van der Waals surface area contributed by atoms with Crippen molar-refractivity contribution in [1.82, 2.24) is 19.5 Å². The van der Waals surface area contributed by atoms with Crippen LogP contribution in [-0.4, -0.2) is 61.2 Å². The van der Waals surface area contributed by atoms with Crippen molar-refractivity contribution in [3.63, 3.8) is 0 Å². The molecule has 3 heterocycles. The number of imidazole rings is 1. The lowest BCUT2D eigenvalue weighted by Gasteiger charge is -2.30. The molecule has 3 saturated carbocycles. The highest BCUT2D eigenvalue weighted by molar-refractivity contribution is 5.83. The molecule has 0 amide bonds. The minimum absolute atomic E-state index is 0.0586. The Hall–Kier alpha value is -1.77. The van der Waals surface area contributed by atoms with Crippen molar-refractivity contribution in [2.75, 3.05) is 18.5 Å². The molecular formula is C17H21N5O3. The number of aromatic nitrogens is 4. The molecule has 1 saturated heterocycles. The molecular weight excluding hydrogens is 322 g/mol. The first-order chi connectivity index (χ1) is 12.2. The molecule has 3 aliphatic carbocycles. The van der Waals surface area contributed by atoms with E-state index < -0.39 is 6.10 Å². The number of aliphatic hydroxyl groups excluding tert-OH is 2. The van der Waals surface area contributed by atoms with E-state index in [1.54, 1.807) is 6.33 Å². The summed E-state index contributed by atoms with van der Waals surface area (Å²) in [6.07, 6.45) is 5.84. The molecule has 0 spiro atoms. The molecule has 2 aromatic heterocycles. The second-order valence-electron chi connectivity index (χ2n) is 8.14. The molecule has 4 aliphatic rings. The van der Waals surface area contributed by atoms with E-state index in [-0.39, 0.29) is 36.0 Å². The number of fused-ring (bicyclic) bond motifs is 2. The molecule has 25 heavy (non-hydrogen) atoms. The smallest absolute Gasteiger partial charge is 0.165 e. The van der Waals surface area contributed by atoms with E-state index in [9.17, 15) is 10.2 Å². The van der Waals surface area contributed by atoms with E-state index in [1.165, 1.54) is 12.8 Å². The van der Waals surface area contributed by atoms with Gasteiger partial charge in [0.25, 0.3) is 0 Å². The molecule has 4 fully saturated rings. The van der Waals surface area contributed by atoms with Gasteiger partial charge >= 0.3 is 0 Å².